The maximum atomic E-state index is 12.1. The number of hydrogen-bond donors (Lipinski definition) is 3. The fraction of sp³-hybridized carbons (Fsp3) is 0.545. The molecule has 2 amide bonds. The lowest BCUT2D eigenvalue weighted by Gasteiger charge is -2.19. The van der Waals surface area contributed by atoms with Crippen molar-refractivity contribution in [1.29, 1.82) is 0 Å². The Morgan fingerprint density at radius 1 is 1.42 bits per heavy atom. The Balaban J connectivity index is 2.90. The molecular formula is C11H19N5O2S. The predicted molar refractivity (Wildman–Crippen MR) is 76.1 cm³/mol. The molecule has 5 N–H and O–H groups in total. The van der Waals surface area contributed by atoms with Crippen LogP contribution >= 0.6 is 11.3 Å². The van der Waals surface area contributed by atoms with E-state index in [1.807, 2.05) is 20.8 Å². The van der Waals surface area contributed by atoms with E-state index in [4.69, 9.17) is 11.5 Å². The first kappa shape index (κ1) is 15.2. The second-order valence-electron chi connectivity index (χ2n) is 5.24. The first-order valence-corrected chi connectivity index (χ1v) is 6.50. The van der Waals surface area contributed by atoms with Gasteiger partial charge < -0.3 is 21.7 Å². The molecule has 1 heterocycles. The lowest BCUT2D eigenvalue weighted by molar-refractivity contribution is -0.118. The van der Waals surface area contributed by atoms with Crippen LogP contribution < -0.4 is 16.8 Å². The molecule has 0 aliphatic heterocycles. The van der Waals surface area contributed by atoms with E-state index in [1.165, 1.54) is 11.9 Å². The number of hydrogen-bond acceptors (Lipinski definition) is 6. The van der Waals surface area contributed by atoms with Gasteiger partial charge >= 0.3 is 0 Å². The molecule has 1 aromatic heterocycles. The molecule has 1 rings (SSSR count). The number of nitrogens with zero attached hydrogens (tertiary/aromatic N) is 2. The summed E-state index contributed by atoms with van der Waals surface area (Å²) in [6.45, 7) is 5.78. The fourth-order valence-corrected chi connectivity index (χ4v) is 2.43. The molecule has 1 aromatic rings. The zero-order valence-electron chi connectivity index (χ0n) is 11.5. The van der Waals surface area contributed by atoms with E-state index in [0.717, 1.165) is 11.3 Å². The van der Waals surface area contributed by atoms with Crippen LogP contribution in [-0.2, 0) is 4.79 Å². The number of anilines is 2. The molecule has 19 heavy (non-hydrogen) atoms. The van der Waals surface area contributed by atoms with Gasteiger partial charge in [0, 0.05) is 12.6 Å². The number of thiazole rings is 1. The van der Waals surface area contributed by atoms with Crippen molar-refractivity contribution in [3.63, 3.8) is 0 Å². The summed E-state index contributed by atoms with van der Waals surface area (Å²) in [5.41, 5.74) is 10.6. The molecule has 0 atom stereocenters. The number of primary amides is 1. The van der Waals surface area contributed by atoms with Crippen molar-refractivity contribution in [1.82, 2.24) is 9.88 Å². The number of likely N-dealkylation sites (N-methyl/N-ethyl adjacent to an activating group) is 1. The highest BCUT2D eigenvalue weighted by Gasteiger charge is 2.22. The molecule has 0 aromatic carbocycles. The zero-order chi connectivity index (χ0) is 14.8. The molecule has 106 valence electrons. The Kier molecular flexibility index (Phi) is 4.35. The average molecular weight is 285 g/mol. The number of nitrogen functional groups attached to an aromatic ring is 1. The first-order valence-electron chi connectivity index (χ1n) is 5.68. The van der Waals surface area contributed by atoms with Gasteiger partial charge in [0.25, 0.3) is 5.91 Å². The van der Waals surface area contributed by atoms with Gasteiger partial charge in [-0.15, -0.1) is 0 Å². The summed E-state index contributed by atoms with van der Waals surface area (Å²) in [6, 6.07) is 0. The lowest BCUT2D eigenvalue weighted by atomic mass is 10.1. The van der Waals surface area contributed by atoms with Gasteiger partial charge in [-0.2, -0.15) is 0 Å². The van der Waals surface area contributed by atoms with Gasteiger partial charge in [-0.1, -0.05) is 11.3 Å². The maximum absolute atomic E-state index is 12.1. The van der Waals surface area contributed by atoms with Crippen LogP contribution in [0.5, 0.6) is 0 Å². The van der Waals surface area contributed by atoms with E-state index in [1.54, 1.807) is 0 Å². The van der Waals surface area contributed by atoms with Gasteiger partial charge in [0.2, 0.25) is 5.91 Å². The van der Waals surface area contributed by atoms with Gasteiger partial charge in [0.15, 0.2) is 5.13 Å². The number of rotatable bonds is 4. The second-order valence-corrected chi connectivity index (χ2v) is 6.23. The Bertz CT molecular complexity index is 492. The molecule has 0 unspecified atom stereocenters. The molecule has 0 fully saturated rings. The van der Waals surface area contributed by atoms with Gasteiger partial charge in [0.1, 0.15) is 10.7 Å². The quantitative estimate of drug-likeness (QED) is 0.745. The van der Waals surface area contributed by atoms with Gasteiger partial charge in [-0.05, 0) is 20.8 Å². The summed E-state index contributed by atoms with van der Waals surface area (Å²) in [4.78, 5) is 28.5. The molecule has 0 saturated heterocycles. The van der Waals surface area contributed by atoms with Crippen LogP contribution in [0.25, 0.3) is 0 Å². The van der Waals surface area contributed by atoms with Crippen molar-refractivity contribution < 1.29 is 9.59 Å². The van der Waals surface area contributed by atoms with E-state index in [2.05, 4.69) is 10.3 Å². The van der Waals surface area contributed by atoms with Gasteiger partial charge in [-0.25, -0.2) is 4.98 Å². The number of aromatic nitrogens is 1. The fourth-order valence-electron chi connectivity index (χ4n) is 1.34. The molecule has 0 saturated carbocycles. The Morgan fingerprint density at radius 3 is 2.47 bits per heavy atom. The Labute approximate surface area is 116 Å². The SMILES string of the molecule is CN(CC(N)=O)C(=O)c1sc(NC(C)(C)C)nc1N. The summed E-state index contributed by atoms with van der Waals surface area (Å²) in [6.07, 6.45) is 0. The molecular weight excluding hydrogens is 266 g/mol. The maximum Gasteiger partial charge on any atom is 0.268 e. The van der Waals surface area contributed by atoms with Crippen LogP contribution in [0.15, 0.2) is 0 Å². The third-order valence-corrected chi connectivity index (χ3v) is 3.04. The van der Waals surface area contributed by atoms with Gasteiger partial charge in [-0.3, -0.25) is 9.59 Å². The van der Waals surface area contributed by atoms with E-state index in [-0.39, 0.29) is 23.8 Å². The van der Waals surface area contributed by atoms with Crippen LogP contribution in [0.2, 0.25) is 0 Å². The third kappa shape index (κ3) is 4.40. The molecule has 0 bridgehead atoms. The van der Waals surface area contributed by atoms with Crippen LogP contribution in [0.4, 0.5) is 10.9 Å². The standard InChI is InChI=1S/C11H19N5O2S/c1-11(2,3)15-10-14-8(13)7(19-10)9(18)16(4)5-6(12)17/h5,13H2,1-4H3,(H2,12,17)(H,14,15). The molecule has 0 aliphatic carbocycles. The number of amides is 2. The topological polar surface area (TPSA) is 114 Å². The minimum Gasteiger partial charge on any atom is -0.382 e. The Morgan fingerprint density at radius 2 is 2.00 bits per heavy atom. The van der Waals surface area contributed by atoms with Crippen molar-refractivity contribution in [2.24, 2.45) is 5.73 Å². The van der Waals surface area contributed by atoms with Crippen molar-refractivity contribution >= 4 is 34.1 Å². The average Bonchev–Trinajstić information content (AvgIpc) is 2.54. The van der Waals surface area contributed by atoms with Crippen molar-refractivity contribution in [2.45, 2.75) is 26.3 Å². The number of carbonyl (C=O) groups is 2. The van der Waals surface area contributed by atoms with Crippen LogP contribution in [0, 0.1) is 0 Å². The third-order valence-electron chi connectivity index (χ3n) is 2.07. The summed E-state index contributed by atoms with van der Waals surface area (Å²) in [5.74, 6) is -0.791. The number of carbonyl (C=O) groups excluding carboxylic acids is 2. The molecule has 0 aliphatic rings. The van der Waals surface area contributed by atoms with E-state index < -0.39 is 5.91 Å². The predicted octanol–water partition coefficient (Wildman–Crippen LogP) is 0.493. The number of nitrogens with two attached hydrogens (primary N) is 2. The summed E-state index contributed by atoms with van der Waals surface area (Å²) in [5, 5.41) is 3.71. The molecule has 0 spiro atoms. The molecule has 8 heteroatoms. The van der Waals surface area contributed by atoms with Crippen molar-refractivity contribution in [3.8, 4) is 0 Å². The molecule has 7 nitrogen and oxygen atoms in total. The summed E-state index contributed by atoms with van der Waals surface area (Å²) >= 11 is 1.16. The summed E-state index contributed by atoms with van der Waals surface area (Å²) in [7, 11) is 1.49. The smallest absolute Gasteiger partial charge is 0.268 e. The zero-order valence-corrected chi connectivity index (χ0v) is 12.3. The van der Waals surface area contributed by atoms with Gasteiger partial charge in [0.05, 0.1) is 6.54 Å². The lowest BCUT2D eigenvalue weighted by Crippen LogP contribution is -2.35. The van der Waals surface area contributed by atoms with Crippen molar-refractivity contribution in [2.75, 3.05) is 24.6 Å². The highest BCUT2D eigenvalue weighted by molar-refractivity contribution is 7.18. The largest absolute Gasteiger partial charge is 0.382 e. The summed E-state index contributed by atoms with van der Waals surface area (Å²) < 4.78 is 0. The van der Waals surface area contributed by atoms with Crippen LogP contribution in [0.3, 0.4) is 0 Å². The monoisotopic (exact) mass is 285 g/mol. The van der Waals surface area contributed by atoms with Crippen molar-refractivity contribution in [3.05, 3.63) is 4.88 Å². The highest BCUT2D eigenvalue weighted by atomic mass is 32.1. The van der Waals surface area contributed by atoms with Crippen LogP contribution in [-0.4, -0.2) is 40.8 Å². The van der Waals surface area contributed by atoms with Crippen LogP contribution in [0.1, 0.15) is 30.4 Å². The second kappa shape index (κ2) is 5.43. The van der Waals surface area contributed by atoms with E-state index in [0.29, 0.717) is 10.0 Å². The molecule has 0 radical (unpaired) electrons. The van der Waals surface area contributed by atoms with E-state index in [9.17, 15) is 9.59 Å². The number of nitrogens with one attached hydrogen (secondary N) is 1. The first-order chi connectivity index (χ1) is 8.60. The highest BCUT2D eigenvalue weighted by Crippen LogP contribution is 2.28. The minimum atomic E-state index is -0.577. The Hall–Kier alpha value is -1.83. The minimum absolute atomic E-state index is 0.151. The van der Waals surface area contributed by atoms with E-state index >= 15 is 0 Å². The normalized spacial score (nSPS) is 11.2.